The molecule has 2 rings (SSSR count). The topological polar surface area (TPSA) is 86.8 Å². The number of amides is 2. The van der Waals surface area contributed by atoms with Crippen LogP contribution in [0.2, 0.25) is 15.1 Å². The molecular formula is C23H28Cl3N3O4S. The lowest BCUT2D eigenvalue weighted by molar-refractivity contribution is -0.140. The minimum Gasteiger partial charge on any atom is -0.350 e. The van der Waals surface area contributed by atoms with E-state index in [-0.39, 0.29) is 23.2 Å². The van der Waals surface area contributed by atoms with E-state index >= 15 is 0 Å². The number of sulfonamides is 1. The number of carbonyl (C=O) groups is 2. The van der Waals surface area contributed by atoms with Crippen LogP contribution >= 0.6 is 34.8 Å². The van der Waals surface area contributed by atoms with Crippen molar-refractivity contribution >= 4 is 62.3 Å². The molecule has 0 heterocycles. The van der Waals surface area contributed by atoms with E-state index in [1.807, 2.05) is 20.8 Å². The average molecular weight is 549 g/mol. The molecule has 0 aliphatic heterocycles. The number of carbonyl (C=O) groups excluding carboxylic acids is 2. The van der Waals surface area contributed by atoms with E-state index in [0.717, 1.165) is 16.1 Å². The van der Waals surface area contributed by atoms with E-state index < -0.39 is 34.1 Å². The van der Waals surface area contributed by atoms with Crippen LogP contribution in [0.3, 0.4) is 0 Å². The predicted molar refractivity (Wildman–Crippen MR) is 138 cm³/mol. The molecule has 0 saturated heterocycles. The Labute approximate surface area is 216 Å². The highest BCUT2D eigenvalue weighted by Gasteiger charge is 2.32. The third-order valence-corrected chi connectivity index (χ3v) is 6.71. The molecule has 1 atom stereocenters. The molecule has 0 aliphatic rings. The Morgan fingerprint density at radius 1 is 1.00 bits per heavy atom. The van der Waals surface area contributed by atoms with E-state index in [1.54, 1.807) is 31.2 Å². The second-order valence-electron chi connectivity index (χ2n) is 8.93. The predicted octanol–water partition coefficient (Wildman–Crippen LogP) is 4.74. The van der Waals surface area contributed by atoms with Crippen molar-refractivity contribution in [2.75, 3.05) is 17.1 Å². The number of nitrogens with one attached hydrogen (secondary N) is 1. The highest BCUT2D eigenvalue weighted by Crippen LogP contribution is 2.30. The summed E-state index contributed by atoms with van der Waals surface area (Å²) in [4.78, 5) is 27.7. The number of benzene rings is 2. The van der Waals surface area contributed by atoms with E-state index in [9.17, 15) is 18.0 Å². The molecule has 34 heavy (non-hydrogen) atoms. The lowest BCUT2D eigenvalue weighted by Gasteiger charge is -2.33. The van der Waals surface area contributed by atoms with Crippen molar-refractivity contribution in [3.05, 3.63) is 63.1 Å². The summed E-state index contributed by atoms with van der Waals surface area (Å²) in [7, 11) is -3.89. The fourth-order valence-electron chi connectivity index (χ4n) is 3.12. The molecule has 1 N–H and O–H groups in total. The molecule has 2 aromatic carbocycles. The molecule has 11 heteroatoms. The zero-order chi connectivity index (χ0) is 25.8. The summed E-state index contributed by atoms with van der Waals surface area (Å²) in [5.41, 5.74) is 0.319. The fourth-order valence-corrected chi connectivity index (χ4v) is 4.67. The number of nitrogens with zero attached hydrogens (tertiary/aromatic N) is 2. The van der Waals surface area contributed by atoms with Gasteiger partial charge in [-0.1, -0.05) is 46.9 Å². The van der Waals surface area contributed by atoms with Crippen molar-refractivity contribution in [2.24, 2.45) is 0 Å². The number of hydrogen-bond acceptors (Lipinski definition) is 4. The third-order valence-electron chi connectivity index (χ3n) is 4.79. The van der Waals surface area contributed by atoms with Crippen LogP contribution in [0.25, 0.3) is 0 Å². The van der Waals surface area contributed by atoms with Gasteiger partial charge < -0.3 is 10.2 Å². The number of rotatable bonds is 8. The SMILES string of the molecule is C[C@@H](C(=O)NC(C)(C)C)N(Cc1ccc(Cl)cc1)C(=O)CN(c1ccc(Cl)cc1Cl)S(C)(=O)=O. The minimum atomic E-state index is -3.89. The van der Waals surface area contributed by atoms with Gasteiger partial charge in [-0.3, -0.25) is 13.9 Å². The third kappa shape index (κ3) is 8.05. The number of anilines is 1. The van der Waals surface area contributed by atoms with Crippen molar-refractivity contribution in [3.8, 4) is 0 Å². The Morgan fingerprint density at radius 3 is 2.06 bits per heavy atom. The van der Waals surface area contributed by atoms with E-state index in [1.165, 1.54) is 23.1 Å². The highest BCUT2D eigenvalue weighted by atomic mass is 35.5. The van der Waals surface area contributed by atoms with Crippen LogP contribution in [-0.2, 0) is 26.2 Å². The summed E-state index contributed by atoms with van der Waals surface area (Å²) >= 11 is 18.1. The number of hydrogen-bond donors (Lipinski definition) is 1. The Kier molecular flexibility index (Phi) is 9.27. The van der Waals surface area contributed by atoms with Crippen molar-refractivity contribution in [3.63, 3.8) is 0 Å². The first-order valence-corrected chi connectivity index (χ1v) is 13.4. The molecule has 0 saturated carbocycles. The van der Waals surface area contributed by atoms with Crippen molar-refractivity contribution in [2.45, 2.75) is 45.8 Å². The maximum atomic E-state index is 13.5. The Bertz CT molecular complexity index is 1150. The van der Waals surface area contributed by atoms with Gasteiger partial charge in [-0.2, -0.15) is 0 Å². The molecule has 0 spiro atoms. The summed E-state index contributed by atoms with van der Waals surface area (Å²) in [5.74, 6) is -0.951. The van der Waals surface area contributed by atoms with Gasteiger partial charge in [0.05, 0.1) is 17.0 Å². The van der Waals surface area contributed by atoms with E-state index in [4.69, 9.17) is 34.8 Å². The first-order valence-electron chi connectivity index (χ1n) is 10.4. The van der Waals surface area contributed by atoms with Crippen molar-refractivity contribution in [1.29, 1.82) is 0 Å². The summed E-state index contributed by atoms with van der Waals surface area (Å²) in [5, 5.41) is 3.79. The quantitative estimate of drug-likeness (QED) is 0.516. The van der Waals surface area contributed by atoms with Crippen molar-refractivity contribution in [1.82, 2.24) is 10.2 Å². The van der Waals surface area contributed by atoms with Crippen LogP contribution in [0.15, 0.2) is 42.5 Å². The monoisotopic (exact) mass is 547 g/mol. The zero-order valence-corrected chi connectivity index (χ0v) is 22.7. The maximum Gasteiger partial charge on any atom is 0.244 e. The van der Waals surface area contributed by atoms with Crippen LogP contribution in [-0.4, -0.2) is 49.5 Å². The van der Waals surface area contributed by atoms with Gasteiger partial charge in [0, 0.05) is 22.1 Å². The summed E-state index contributed by atoms with van der Waals surface area (Å²) in [6.45, 7) is 6.60. The van der Waals surface area contributed by atoms with Gasteiger partial charge >= 0.3 is 0 Å². The van der Waals surface area contributed by atoms with Gasteiger partial charge in [-0.05, 0) is 63.6 Å². The molecule has 0 fully saturated rings. The lowest BCUT2D eigenvalue weighted by atomic mass is 10.1. The van der Waals surface area contributed by atoms with Crippen molar-refractivity contribution < 1.29 is 18.0 Å². The first kappa shape index (κ1) is 28.2. The zero-order valence-electron chi connectivity index (χ0n) is 19.6. The largest absolute Gasteiger partial charge is 0.350 e. The van der Waals surface area contributed by atoms with Gasteiger partial charge in [-0.15, -0.1) is 0 Å². The van der Waals surface area contributed by atoms with Gasteiger partial charge in [-0.25, -0.2) is 8.42 Å². The Morgan fingerprint density at radius 2 is 1.56 bits per heavy atom. The standard InChI is InChI=1S/C23H28Cl3N3O4S/c1-15(22(31)27-23(2,3)4)28(13-16-6-8-17(24)9-7-16)21(30)14-29(34(5,32)33)20-11-10-18(25)12-19(20)26/h6-12,15H,13-14H2,1-5H3,(H,27,31)/t15-/m0/s1. The molecule has 0 radical (unpaired) electrons. The molecule has 0 aliphatic carbocycles. The van der Waals surface area contributed by atoms with Crippen LogP contribution in [0.4, 0.5) is 5.69 Å². The average Bonchev–Trinajstić information content (AvgIpc) is 2.69. The summed E-state index contributed by atoms with van der Waals surface area (Å²) in [6, 6.07) is 10.2. The molecule has 2 amide bonds. The summed E-state index contributed by atoms with van der Waals surface area (Å²) in [6.07, 6.45) is 0.977. The highest BCUT2D eigenvalue weighted by molar-refractivity contribution is 7.92. The van der Waals surface area contributed by atoms with Crippen LogP contribution < -0.4 is 9.62 Å². The molecular weight excluding hydrogens is 521 g/mol. The second kappa shape index (κ2) is 11.2. The first-order chi connectivity index (χ1) is 15.6. The van der Waals surface area contributed by atoms with Crippen LogP contribution in [0.5, 0.6) is 0 Å². The molecule has 0 bridgehead atoms. The Hall–Kier alpha value is -2.00. The van der Waals surface area contributed by atoms with Gasteiger partial charge in [0.1, 0.15) is 12.6 Å². The van der Waals surface area contributed by atoms with Gasteiger partial charge in [0.25, 0.3) is 0 Å². The van der Waals surface area contributed by atoms with E-state index in [0.29, 0.717) is 10.0 Å². The van der Waals surface area contributed by atoms with E-state index in [2.05, 4.69) is 5.32 Å². The molecule has 0 unspecified atom stereocenters. The summed E-state index contributed by atoms with van der Waals surface area (Å²) < 4.78 is 26.1. The minimum absolute atomic E-state index is 0.0701. The van der Waals surface area contributed by atoms with Crippen LogP contribution in [0, 0.1) is 0 Å². The normalized spacial score (nSPS) is 12.7. The second-order valence-corrected chi connectivity index (χ2v) is 12.1. The fraction of sp³-hybridized carbons (Fsp3) is 0.391. The number of halogens is 3. The molecule has 2 aromatic rings. The van der Waals surface area contributed by atoms with Gasteiger partial charge in [0.15, 0.2) is 0 Å². The Balaban J connectivity index is 2.43. The molecule has 186 valence electrons. The molecule has 0 aromatic heterocycles. The van der Waals surface area contributed by atoms with Crippen LogP contribution in [0.1, 0.15) is 33.3 Å². The maximum absolute atomic E-state index is 13.5. The molecule has 7 nitrogen and oxygen atoms in total. The van der Waals surface area contributed by atoms with Gasteiger partial charge in [0.2, 0.25) is 21.8 Å². The lowest BCUT2D eigenvalue weighted by Crippen LogP contribution is -2.54. The smallest absolute Gasteiger partial charge is 0.244 e.